The summed E-state index contributed by atoms with van der Waals surface area (Å²) >= 11 is 1.56. The fourth-order valence-electron chi connectivity index (χ4n) is 0.0289. The van der Waals surface area contributed by atoms with E-state index in [0.29, 0.717) is 0 Å². The van der Waals surface area contributed by atoms with Crippen LogP contribution in [0.25, 0.3) is 0 Å². The van der Waals surface area contributed by atoms with Crippen LogP contribution in [0.3, 0.4) is 0 Å². The number of hydrogen-bond acceptors (Lipinski definition) is 2. The zero-order valence-electron chi connectivity index (χ0n) is 3.47. The van der Waals surface area contributed by atoms with E-state index < -0.39 is 5.28 Å². The molecule has 6 heavy (non-hydrogen) atoms. The molecule has 2 nitrogen and oxygen atoms in total. The molecule has 0 heterocycles. The van der Waals surface area contributed by atoms with Gasteiger partial charge in [0, 0.05) is 0 Å². The maximum absolute atomic E-state index is 7.86. The third-order valence-corrected chi connectivity index (χ3v) is 0.387. The second kappa shape index (κ2) is 2.86. The molecule has 0 aliphatic rings. The summed E-state index contributed by atoms with van der Waals surface area (Å²) in [5.74, 6) is 3.51. The van der Waals surface area contributed by atoms with Gasteiger partial charge in [-0.2, -0.15) is 0 Å². The molecule has 4 heteroatoms. The summed E-state index contributed by atoms with van der Waals surface area (Å²) < 4.78 is 0. The van der Waals surface area contributed by atoms with Crippen LogP contribution in [-0.2, 0) is 0 Å². The van der Waals surface area contributed by atoms with E-state index in [2.05, 4.69) is 0 Å². The van der Waals surface area contributed by atoms with Gasteiger partial charge >= 0.3 is 45.3 Å². The van der Waals surface area contributed by atoms with Crippen LogP contribution in [0.5, 0.6) is 0 Å². The van der Waals surface area contributed by atoms with Crippen LogP contribution in [0.4, 0.5) is 0 Å². The van der Waals surface area contributed by atoms with Gasteiger partial charge in [0.2, 0.25) is 0 Å². The van der Waals surface area contributed by atoms with E-state index in [1.54, 1.807) is 29.5 Å². The van der Waals surface area contributed by atoms with Crippen LogP contribution in [0, 0.1) is 22.5 Å². The number of hydrogen-bond donors (Lipinski definition) is 0. The summed E-state index contributed by atoms with van der Waals surface area (Å²) in [6, 6.07) is 0. The molecule has 22 valence electrons. The summed E-state index contributed by atoms with van der Waals surface area (Å²) in [6.45, 7) is 0. The van der Waals surface area contributed by atoms with E-state index in [1.165, 1.54) is 0 Å². The van der Waals surface area contributed by atoms with Crippen molar-refractivity contribution in [2.75, 3.05) is 0 Å². The van der Waals surface area contributed by atoms with Crippen molar-refractivity contribution in [2.45, 2.75) is 0 Å². The van der Waals surface area contributed by atoms with Gasteiger partial charge in [0.15, 0.2) is 0 Å². The van der Waals surface area contributed by atoms with Crippen LogP contribution in [0.15, 0.2) is 0 Å². The van der Waals surface area contributed by atoms with Crippen molar-refractivity contribution in [3.8, 4) is 11.9 Å². The molecule has 0 N–H and O–H groups in total. The van der Waals surface area contributed by atoms with Crippen molar-refractivity contribution in [3.05, 3.63) is 0 Å². The summed E-state index contributed by atoms with van der Waals surface area (Å²) in [7, 11) is 0. The Kier molecular flexibility index (Phi) is 2.69. The molecule has 0 aromatic heterocycles. The Hall–Kier alpha value is -0.358. The first-order chi connectivity index (χ1) is 2.81. The van der Waals surface area contributed by atoms with Gasteiger partial charge in [-0.05, 0) is 0 Å². The third kappa shape index (κ3) is 1.92. The van der Waals surface area contributed by atoms with Crippen molar-refractivity contribution in [3.63, 3.8) is 0 Å². The van der Waals surface area contributed by atoms with Crippen LogP contribution < -0.4 is 0 Å². The van der Waals surface area contributed by atoms with Gasteiger partial charge in [-0.3, -0.25) is 0 Å². The summed E-state index contributed by atoms with van der Waals surface area (Å²) in [5, 5.41) is 15.3. The van der Waals surface area contributed by atoms with Crippen molar-refractivity contribution in [2.24, 2.45) is 0 Å². The molecule has 0 rings (SSSR count). The Morgan fingerprint density at radius 1 is 1.33 bits per heavy atom. The average Bonchev–Trinajstić information content (AvgIpc) is 1.65. The molecule has 0 amide bonds. The fourth-order valence-corrected chi connectivity index (χ4v) is 0.0289. The molecule has 0 unspecified atom stereocenters. The van der Waals surface area contributed by atoms with Crippen LogP contribution >= 0.6 is 0 Å². The van der Waals surface area contributed by atoms with Crippen LogP contribution in [0.1, 0.15) is 0 Å². The Balaban J connectivity index is 3.40. The van der Waals surface area contributed by atoms with Gasteiger partial charge in [-0.1, -0.05) is 0 Å². The molecule has 0 aliphatic carbocycles. The predicted molar refractivity (Wildman–Crippen MR) is 22.7 cm³/mol. The van der Waals surface area contributed by atoms with Gasteiger partial charge in [0.1, 0.15) is 0 Å². The van der Waals surface area contributed by atoms with Crippen LogP contribution in [0.2, 0.25) is 0 Å². The maximum atomic E-state index is 7.86. The Labute approximate surface area is 45.8 Å². The fraction of sp³-hybridized carbons (Fsp3) is 0. The monoisotopic (exact) mass is 70.0 g/mol. The minimum atomic E-state index is -0.454. The Morgan fingerprint density at radius 3 is 1.67 bits per heavy atom. The number of nitriles is 2. The minimum absolute atomic E-state index is 0.454. The van der Waals surface area contributed by atoms with E-state index in [9.17, 15) is 0 Å². The normalized spacial score (nSPS) is 5.33. The zero-order valence-corrected chi connectivity index (χ0v) is 3.47. The van der Waals surface area contributed by atoms with Gasteiger partial charge in [0.25, 0.3) is 0 Å². The molecule has 0 radical (unpaired) electrons. The first-order valence-electron chi connectivity index (χ1n) is 1.60. The van der Waals surface area contributed by atoms with E-state index in [1.807, 2.05) is 0 Å². The Morgan fingerprint density at radius 2 is 1.67 bits per heavy atom. The SMILES string of the molecule is [Li][B](C#N)C#N. The molecule has 0 aliphatic heterocycles. The average molecular weight is 69.8 g/mol. The standard InChI is InChI=1S/C2BN2.Li/c4-1-3-2-5;/q+1;-1. The molecule has 0 bridgehead atoms. The van der Waals surface area contributed by atoms with Crippen molar-refractivity contribution in [1.29, 1.82) is 10.5 Å². The van der Waals surface area contributed by atoms with Crippen molar-refractivity contribution < 1.29 is 0 Å². The third-order valence-electron chi connectivity index (χ3n) is 0.387. The van der Waals surface area contributed by atoms with E-state index in [4.69, 9.17) is 10.5 Å². The predicted octanol–water partition coefficient (Wildman–Crippen LogP) is -0.728. The molecular weight excluding hydrogens is 69.8 g/mol. The molecule has 0 saturated carbocycles. The molecular formula is C2BLiN2. The topological polar surface area (TPSA) is 47.6 Å². The first-order valence-corrected chi connectivity index (χ1v) is 1.60. The van der Waals surface area contributed by atoms with Crippen molar-refractivity contribution in [1.82, 2.24) is 0 Å². The van der Waals surface area contributed by atoms with E-state index >= 15 is 0 Å². The first kappa shape index (κ1) is 5.64. The number of nitrogens with zero attached hydrogens (tertiary/aromatic N) is 2. The Bertz CT molecular complexity index is 95.7. The zero-order chi connectivity index (χ0) is 4.99. The van der Waals surface area contributed by atoms with Gasteiger partial charge in [-0.15, -0.1) is 0 Å². The second-order valence-electron chi connectivity index (χ2n) is 0.980. The molecule has 0 saturated heterocycles. The molecule has 0 atom stereocenters. The second-order valence-corrected chi connectivity index (χ2v) is 0.980. The number of rotatable bonds is 0. The van der Waals surface area contributed by atoms with Gasteiger partial charge in [-0.25, -0.2) is 0 Å². The summed E-state index contributed by atoms with van der Waals surface area (Å²) in [4.78, 5) is 0. The van der Waals surface area contributed by atoms with E-state index in [-0.39, 0.29) is 0 Å². The van der Waals surface area contributed by atoms with Crippen LogP contribution in [-0.4, -0.2) is 22.8 Å². The molecule has 0 aromatic rings. The summed E-state index contributed by atoms with van der Waals surface area (Å²) in [5.41, 5.74) is 0. The van der Waals surface area contributed by atoms with Gasteiger partial charge in [0.05, 0.1) is 0 Å². The molecule has 0 aromatic carbocycles. The quantitative estimate of drug-likeness (QED) is 0.352. The van der Waals surface area contributed by atoms with Crippen molar-refractivity contribution >= 4 is 22.8 Å². The molecule has 0 spiro atoms. The summed E-state index contributed by atoms with van der Waals surface area (Å²) in [6.07, 6.45) is 0. The van der Waals surface area contributed by atoms with Gasteiger partial charge < -0.3 is 0 Å². The molecule has 0 fully saturated rings. The van der Waals surface area contributed by atoms with E-state index in [0.717, 1.165) is 0 Å².